The van der Waals surface area contributed by atoms with E-state index in [0.717, 1.165) is 19.3 Å². The Hall–Kier alpha value is -0.600. The first-order chi connectivity index (χ1) is 5.77. The number of aliphatic hydroxyl groups is 2. The van der Waals surface area contributed by atoms with E-state index in [9.17, 15) is 0 Å². The predicted octanol–water partition coefficient (Wildman–Crippen LogP) is 2.48. The van der Waals surface area contributed by atoms with Crippen molar-refractivity contribution in [1.29, 1.82) is 0 Å². The van der Waals surface area contributed by atoms with Crippen LogP contribution < -0.4 is 0 Å². The Morgan fingerprint density at radius 3 is 1.67 bits per heavy atom. The van der Waals surface area contributed by atoms with Crippen LogP contribution in [0.5, 0.6) is 0 Å². The molecule has 0 aromatic rings. The van der Waals surface area contributed by atoms with Gasteiger partial charge < -0.3 is 10.2 Å². The molecule has 0 rings (SSSR count). The lowest BCUT2D eigenvalue weighted by Crippen LogP contribution is -2.02. The highest BCUT2D eigenvalue weighted by atomic mass is 16.5. The molecule has 0 aliphatic heterocycles. The monoisotopic (exact) mass is 174 g/mol. The maximum atomic E-state index is 8.33. The van der Waals surface area contributed by atoms with E-state index in [0.29, 0.717) is 6.42 Å². The Morgan fingerprint density at radius 1 is 1.00 bits per heavy atom. The summed E-state index contributed by atoms with van der Waals surface area (Å²) in [6.45, 7) is 14.1. The first kappa shape index (κ1) is 17.5. The van der Waals surface area contributed by atoms with E-state index in [1.165, 1.54) is 0 Å². The first-order valence-corrected chi connectivity index (χ1v) is 4.13. The SMILES string of the molecule is C=C.C=C.CCCCCC(O)O. The van der Waals surface area contributed by atoms with Crippen LogP contribution in [0.3, 0.4) is 0 Å². The molecule has 2 heteroatoms. The smallest absolute Gasteiger partial charge is 0.151 e. The summed E-state index contributed by atoms with van der Waals surface area (Å²) in [4.78, 5) is 0. The minimum atomic E-state index is -1.10. The maximum absolute atomic E-state index is 8.33. The third-order valence-corrected chi connectivity index (χ3v) is 1.07. The molecule has 0 radical (unpaired) electrons. The maximum Gasteiger partial charge on any atom is 0.151 e. The number of hydrogen-bond acceptors (Lipinski definition) is 2. The highest BCUT2D eigenvalue weighted by molar-refractivity contribution is 4.40. The van der Waals surface area contributed by atoms with Crippen LogP contribution in [-0.4, -0.2) is 16.5 Å². The van der Waals surface area contributed by atoms with Crippen LogP contribution in [0.1, 0.15) is 32.6 Å². The molecule has 0 bridgehead atoms. The minimum Gasteiger partial charge on any atom is -0.368 e. The van der Waals surface area contributed by atoms with Crippen LogP contribution in [0.25, 0.3) is 0 Å². The number of aliphatic hydroxyl groups excluding tert-OH is 1. The fraction of sp³-hybridized carbons (Fsp3) is 0.600. The largest absolute Gasteiger partial charge is 0.368 e. The quantitative estimate of drug-likeness (QED) is 0.390. The van der Waals surface area contributed by atoms with Gasteiger partial charge in [-0.15, -0.1) is 26.3 Å². The van der Waals surface area contributed by atoms with Gasteiger partial charge in [-0.05, 0) is 12.8 Å². The summed E-state index contributed by atoms with van der Waals surface area (Å²) >= 11 is 0. The summed E-state index contributed by atoms with van der Waals surface area (Å²) in [5.41, 5.74) is 0. The average Bonchev–Trinajstić information content (AvgIpc) is 2.12. The molecule has 0 aliphatic carbocycles. The van der Waals surface area contributed by atoms with E-state index in [2.05, 4.69) is 33.2 Å². The molecule has 0 amide bonds. The molecule has 0 saturated carbocycles. The zero-order valence-electron chi connectivity index (χ0n) is 8.13. The van der Waals surface area contributed by atoms with Crippen LogP contribution in [-0.2, 0) is 0 Å². The van der Waals surface area contributed by atoms with E-state index in [-0.39, 0.29) is 0 Å². The summed E-state index contributed by atoms with van der Waals surface area (Å²) < 4.78 is 0. The van der Waals surface area contributed by atoms with Crippen molar-refractivity contribution in [1.82, 2.24) is 0 Å². The Kier molecular flexibility index (Phi) is 32.7. The molecule has 0 aromatic heterocycles. The van der Waals surface area contributed by atoms with Crippen molar-refractivity contribution < 1.29 is 10.2 Å². The highest BCUT2D eigenvalue weighted by Crippen LogP contribution is 1.99. The second-order valence-electron chi connectivity index (χ2n) is 1.98. The molecular weight excluding hydrogens is 152 g/mol. The summed E-state index contributed by atoms with van der Waals surface area (Å²) in [7, 11) is 0. The lowest BCUT2D eigenvalue weighted by molar-refractivity contribution is -0.0465. The van der Waals surface area contributed by atoms with Gasteiger partial charge in [0, 0.05) is 0 Å². The molecule has 12 heavy (non-hydrogen) atoms. The fourth-order valence-corrected chi connectivity index (χ4v) is 0.577. The second-order valence-corrected chi connectivity index (χ2v) is 1.98. The molecule has 0 heterocycles. The molecule has 0 aromatic carbocycles. The lowest BCUT2D eigenvalue weighted by atomic mass is 10.2. The molecule has 0 atom stereocenters. The fourth-order valence-electron chi connectivity index (χ4n) is 0.577. The Balaban J connectivity index is -0.000000175. The number of rotatable bonds is 4. The normalized spacial score (nSPS) is 7.67. The van der Waals surface area contributed by atoms with Crippen molar-refractivity contribution in [3.63, 3.8) is 0 Å². The lowest BCUT2D eigenvalue weighted by Gasteiger charge is -1.99. The zero-order chi connectivity index (χ0) is 10.4. The van der Waals surface area contributed by atoms with Gasteiger partial charge in [0.25, 0.3) is 0 Å². The molecule has 0 saturated heterocycles. The van der Waals surface area contributed by atoms with E-state index in [4.69, 9.17) is 10.2 Å². The van der Waals surface area contributed by atoms with Crippen LogP contribution in [0.4, 0.5) is 0 Å². The minimum absolute atomic E-state index is 0.522. The van der Waals surface area contributed by atoms with Crippen molar-refractivity contribution in [2.24, 2.45) is 0 Å². The topological polar surface area (TPSA) is 40.5 Å². The molecule has 2 N–H and O–H groups in total. The van der Waals surface area contributed by atoms with E-state index in [1.54, 1.807) is 0 Å². The van der Waals surface area contributed by atoms with Gasteiger partial charge >= 0.3 is 0 Å². The third kappa shape index (κ3) is 34.3. The zero-order valence-corrected chi connectivity index (χ0v) is 8.13. The number of unbranched alkanes of at least 4 members (excludes halogenated alkanes) is 2. The highest BCUT2D eigenvalue weighted by Gasteiger charge is 1.93. The molecular formula is C10H22O2. The van der Waals surface area contributed by atoms with E-state index in [1.807, 2.05) is 0 Å². The van der Waals surface area contributed by atoms with Crippen molar-refractivity contribution in [3.8, 4) is 0 Å². The summed E-state index contributed by atoms with van der Waals surface area (Å²) in [5, 5.41) is 16.7. The van der Waals surface area contributed by atoms with Crippen molar-refractivity contribution in [2.45, 2.75) is 38.9 Å². The van der Waals surface area contributed by atoms with E-state index >= 15 is 0 Å². The van der Waals surface area contributed by atoms with Gasteiger partial charge in [-0.2, -0.15) is 0 Å². The van der Waals surface area contributed by atoms with Crippen LogP contribution >= 0.6 is 0 Å². The molecule has 0 spiro atoms. The average molecular weight is 174 g/mol. The van der Waals surface area contributed by atoms with Gasteiger partial charge in [-0.3, -0.25) is 0 Å². The van der Waals surface area contributed by atoms with Crippen LogP contribution in [0.2, 0.25) is 0 Å². The summed E-state index contributed by atoms with van der Waals surface area (Å²) in [6, 6.07) is 0. The van der Waals surface area contributed by atoms with Crippen LogP contribution in [0.15, 0.2) is 26.3 Å². The molecule has 0 fully saturated rings. The summed E-state index contributed by atoms with van der Waals surface area (Å²) in [6.07, 6.45) is 2.58. The Morgan fingerprint density at radius 2 is 1.42 bits per heavy atom. The standard InChI is InChI=1S/C6H14O2.2C2H4/c1-2-3-4-5-6(7)8;2*1-2/h6-8H,2-5H2,1H3;2*1-2H2. The molecule has 74 valence electrons. The van der Waals surface area contributed by atoms with Crippen molar-refractivity contribution in [2.75, 3.05) is 0 Å². The van der Waals surface area contributed by atoms with Crippen molar-refractivity contribution in [3.05, 3.63) is 26.3 Å². The van der Waals surface area contributed by atoms with Gasteiger partial charge in [0.15, 0.2) is 6.29 Å². The molecule has 0 aliphatic rings. The van der Waals surface area contributed by atoms with Gasteiger partial charge in [0.2, 0.25) is 0 Å². The van der Waals surface area contributed by atoms with Gasteiger partial charge in [-0.25, -0.2) is 0 Å². The number of hydrogen-bond donors (Lipinski definition) is 2. The molecule has 0 unspecified atom stereocenters. The van der Waals surface area contributed by atoms with Gasteiger partial charge in [0.1, 0.15) is 0 Å². The van der Waals surface area contributed by atoms with Gasteiger partial charge in [0.05, 0.1) is 0 Å². The second kappa shape index (κ2) is 22.4. The Bertz CT molecular complexity index is 60.9. The van der Waals surface area contributed by atoms with Crippen molar-refractivity contribution >= 4 is 0 Å². The molecule has 2 nitrogen and oxygen atoms in total. The van der Waals surface area contributed by atoms with Crippen LogP contribution in [0, 0.1) is 0 Å². The summed E-state index contributed by atoms with van der Waals surface area (Å²) in [5.74, 6) is 0. The first-order valence-electron chi connectivity index (χ1n) is 4.13. The predicted molar refractivity (Wildman–Crippen MR) is 54.9 cm³/mol. The van der Waals surface area contributed by atoms with Gasteiger partial charge in [-0.1, -0.05) is 19.8 Å². The third-order valence-electron chi connectivity index (χ3n) is 1.07. The van der Waals surface area contributed by atoms with E-state index < -0.39 is 6.29 Å². The Labute approximate surface area is 76.2 Å².